The summed E-state index contributed by atoms with van der Waals surface area (Å²) in [6, 6.07) is 6.24. The summed E-state index contributed by atoms with van der Waals surface area (Å²) in [6.07, 6.45) is 1.52. The average molecular weight is 456 g/mol. The van der Waals surface area contributed by atoms with Crippen molar-refractivity contribution in [3.63, 3.8) is 0 Å². The molecule has 5 nitrogen and oxygen atoms in total. The summed E-state index contributed by atoms with van der Waals surface area (Å²) >= 11 is 12.4. The van der Waals surface area contributed by atoms with Gasteiger partial charge in [-0.1, -0.05) is 11.6 Å². The van der Waals surface area contributed by atoms with Crippen LogP contribution in [0.3, 0.4) is 0 Å². The van der Waals surface area contributed by atoms with Crippen LogP contribution in [-0.4, -0.2) is 20.4 Å². The molecule has 112 valence electrons. The standard InChI is InChI=1S/C12H10Br2ClN3O2S/c1-16-12-11(4-7(13)6-17-12)21(19,20)18-8-2-3-10(15)9(14)5-8/h2-6,18H,1H3,(H,16,17). The Morgan fingerprint density at radius 3 is 2.57 bits per heavy atom. The zero-order valence-corrected chi connectivity index (χ0v) is 15.4. The fourth-order valence-electron chi connectivity index (χ4n) is 1.58. The van der Waals surface area contributed by atoms with Crippen molar-refractivity contribution < 1.29 is 8.42 Å². The first-order valence-electron chi connectivity index (χ1n) is 5.64. The van der Waals surface area contributed by atoms with Crippen LogP contribution in [0.2, 0.25) is 5.02 Å². The Bertz CT molecular complexity index is 784. The van der Waals surface area contributed by atoms with Crippen molar-refractivity contribution in [1.82, 2.24) is 4.98 Å². The Balaban J connectivity index is 2.42. The number of anilines is 2. The lowest BCUT2D eigenvalue weighted by molar-refractivity contribution is 0.601. The Morgan fingerprint density at radius 2 is 1.95 bits per heavy atom. The first kappa shape index (κ1) is 16.5. The molecular formula is C12H10Br2ClN3O2S. The van der Waals surface area contributed by atoms with Gasteiger partial charge in [0.15, 0.2) is 0 Å². The van der Waals surface area contributed by atoms with E-state index in [1.54, 1.807) is 25.2 Å². The molecule has 2 aromatic rings. The van der Waals surface area contributed by atoms with Gasteiger partial charge in [0.2, 0.25) is 0 Å². The highest BCUT2D eigenvalue weighted by Gasteiger charge is 2.20. The van der Waals surface area contributed by atoms with Gasteiger partial charge < -0.3 is 5.32 Å². The lowest BCUT2D eigenvalue weighted by Gasteiger charge is -2.12. The van der Waals surface area contributed by atoms with Gasteiger partial charge in [-0.15, -0.1) is 0 Å². The van der Waals surface area contributed by atoms with Gasteiger partial charge in [0.05, 0.1) is 10.7 Å². The molecule has 0 radical (unpaired) electrons. The van der Waals surface area contributed by atoms with Crippen LogP contribution in [0.5, 0.6) is 0 Å². The van der Waals surface area contributed by atoms with Gasteiger partial charge in [-0.2, -0.15) is 0 Å². The van der Waals surface area contributed by atoms with Crippen molar-refractivity contribution in [2.24, 2.45) is 0 Å². The van der Waals surface area contributed by atoms with Crippen molar-refractivity contribution in [2.75, 3.05) is 17.1 Å². The topological polar surface area (TPSA) is 71.1 Å². The minimum absolute atomic E-state index is 0.0467. The first-order chi connectivity index (χ1) is 9.83. The van der Waals surface area contributed by atoms with Crippen LogP contribution in [0.4, 0.5) is 11.5 Å². The summed E-state index contributed by atoms with van der Waals surface area (Å²) in [5.41, 5.74) is 0.397. The normalized spacial score (nSPS) is 11.2. The molecule has 0 spiro atoms. The number of nitrogens with zero attached hydrogens (tertiary/aromatic N) is 1. The highest BCUT2D eigenvalue weighted by atomic mass is 79.9. The molecule has 21 heavy (non-hydrogen) atoms. The molecule has 0 saturated heterocycles. The minimum Gasteiger partial charge on any atom is -0.372 e. The van der Waals surface area contributed by atoms with Crippen molar-refractivity contribution in [2.45, 2.75) is 4.90 Å². The number of sulfonamides is 1. The average Bonchev–Trinajstić information content (AvgIpc) is 2.42. The van der Waals surface area contributed by atoms with Crippen LogP contribution >= 0.6 is 43.5 Å². The fraction of sp³-hybridized carbons (Fsp3) is 0.0833. The predicted octanol–water partition coefficient (Wildman–Crippen LogP) is 4.10. The van der Waals surface area contributed by atoms with Gasteiger partial charge in [-0.05, 0) is 56.1 Å². The van der Waals surface area contributed by atoms with Crippen LogP contribution in [0.15, 0.2) is 44.3 Å². The van der Waals surface area contributed by atoms with E-state index >= 15 is 0 Å². The molecule has 0 amide bonds. The van der Waals surface area contributed by atoms with E-state index in [1.807, 2.05) is 0 Å². The molecule has 0 bridgehead atoms. The molecule has 0 aliphatic carbocycles. The number of hydrogen-bond acceptors (Lipinski definition) is 4. The summed E-state index contributed by atoms with van der Waals surface area (Å²) in [6.45, 7) is 0. The van der Waals surface area contributed by atoms with Gasteiger partial charge in [0.1, 0.15) is 10.7 Å². The van der Waals surface area contributed by atoms with E-state index in [9.17, 15) is 8.42 Å². The lowest BCUT2D eigenvalue weighted by atomic mass is 10.3. The minimum atomic E-state index is -3.78. The van der Waals surface area contributed by atoms with Gasteiger partial charge in [-0.3, -0.25) is 4.72 Å². The van der Waals surface area contributed by atoms with E-state index in [1.165, 1.54) is 12.3 Å². The number of benzene rings is 1. The molecule has 0 fully saturated rings. The van der Waals surface area contributed by atoms with Crippen LogP contribution in [0.25, 0.3) is 0 Å². The largest absolute Gasteiger partial charge is 0.372 e. The molecule has 0 aliphatic heterocycles. The predicted molar refractivity (Wildman–Crippen MR) is 91.4 cm³/mol. The van der Waals surface area contributed by atoms with E-state index in [2.05, 4.69) is 46.9 Å². The Labute approximate surface area is 144 Å². The highest BCUT2D eigenvalue weighted by Crippen LogP contribution is 2.28. The second-order valence-corrected chi connectivity index (χ2v) is 7.81. The third-order valence-electron chi connectivity index (χ3n) is 2.52. The quantitative estimate of drug-likeness (QED) is 0.728. The Hall–Kier alpha value is -0.830. The van der Waals surface area contributed by atoms with E-state index in [0.717, 1.165) is 0 Å². The Kier molecular flexibility index (Phi) is 5.13. The smallest absolute Gasteiger partial charge is 0.265 e. The van der Waals surface area contributed by atoms with Crippen molar-refractivity contribution >= 4 is 65.0 Å². The van der Waals surface area contributed by atoms with E-state index < -0.39 is 10.0 Å². The number of rotatable bonds is 4. The summed E-state index contributed by atoms with van der Waals surface area (Å²) in [4.78, 5) is 4.08. The summed E-state index contributed by atoms with van der Waals surface area (Å²) in [5, 5.41) is 3.25. The molecule has 0 saturated carbocycles. The summed E-state index contributed by atoms with van der Waals surface area (Å²) in [5.74, 6) is 0.263. The number of pyridine rings is 1. The molecule has 1 heterocycles. The van der Waals surface area contributed by atoms with Gasteiger partial charge in [0.25, 0.3) is 10.0 Å². The molecule has 0 aliphatic rings. The molecule has 1 aromatic heterocycles. The van der Waals surface area contributed by atoms with Crippen LogP contribution in [-0.2, 0) is 10.0 Å². The zero-order chi connectivity index (χ0) is 15.6. The van der Waals surface area contributed by atoms with Gasteiger partial charge >= 0.3 is 0 Å². The second-order valence-electron chi connectivity index (χ2n) is 3.98. The summed E-state index contributed by atoms with van der Waals surface area (Å²) in [7, 11) is -2.17. The van der Waals surface area contributed by atoms with Crippen molar-refractivity contribution in [1.29, 1.82) is 0 Å². The van der Waals surface area contributed by atoms with E-state index in [-0.39, 0.29) is 10.7 Å². The maximum absolute atomic E-state index is 12.5. The maximum atomic E-state index is 12.5. The highest BCUT2D eigenvalue weighted by molar-refractivity contribution is 9.10. The van der Waals surface area contributed by atoms with Crippen LogP contribution in [0, 0.1) is 0 Å². The SMILES string of the molecule is CNc1ncc(Br)cc1S(=O)(=O)Nc1ccc(Cl)c(Br)c1. The van der Waals surface area contributed by atoms with Crippen LogP contribution in [0.1, 0.15) is 0 Å². The number of nitrogens with one attached hydrogen (secondary N) is 2. The second kappa shape index (κ2) is 6.51. The third-order valence-corrected chi connectivity index (χ3v) is 5.56. The van der Waals surface area contributed by atoms with Crippen LogP contribution < -0.4 is 10.0 Å². The molecule has 2 rings (SSSR count). The lowest BCUT2D eigenvalue weighted by Crippen LogP contribution is -2.15. The molecule has 9 heteroatoms. The number of halogens is 3. The molecule has 0 unspecified atom stereocenters. The van der Waals surface area contributed by atoms with E-state index in [4.69, 9.17) is 11.6 Å². The van der Waals surface area contributed by atoms with Gasteiger partial charge in [0, 0.05) is 22.2 Å². The summed E-state index contributed by atoms with van der Waals surface area (Å²) < 4.78 is 28.6. The van der Waals surface area contributed by atoms with E-state index in [0.29, 0.717) is 19.7 Å². The zero-order valence-electron chi connectivity index (χ0n) is 10.7. The molecular weight excluding hydrogens is 445 g/mol. The van der Waals surface area contributed by atoms with Crippen molar-refractivity contribution in [3.8, 4) is 0 Å². The fourth-order valence-corrected chi connectivity index (χ4v) is 3.80. The monoisotopic (exact) mass is 453 g/mol. The maximum Gasteiger partial charge on any atom is 0.265 e. The van der Waals surface area contributed by atoms with Gasteiger partial charge in [-0.25, -0.2) is 13.4 Å². The first-order valence-corrected chi connectivity index (χ1v) is 9.09. The number of hydrogen-bond donors (Lipinski definition) is 2. The molecule has 0 atom stereocenters. The molecule has 1 aromatic carbocycles. The molecule has 2 N–H and O–H groups in total. The Morgan fingerprint density at radius 1 is 1.24 bits per heavy atom. The third kappa shape index (κ3) is 3.88. The van der Waals surface area contributed by atoms with Crippen molar-refractivity contribution in [3.05, 3.63) is 44.4 Å². The number of aromatic nitrogens is 1.